The minimum Gasteiger partial charge on any atom is -0.356 e. The highest BCUT2D eigenvalue weighted by Gasteiger charge is 2.35. The number of piperidine rings is 1. The third-order valence-electron chi connectivity index (χ3n) is 7.62. The number of sulfonamides is 1. The van der Waals surface area contributed by atoms with Crippen molar-refractivity contribution in [3.05, 3.63) is 40.5 Å². The molecule has 0 atom stereocenters. The Balaban J connectivity index is 1.29. The second kappa shape index (κ2) is 10.8. The average molecular weight is 502 g/mol. The number of aryl methyl sites for hydroxylation is 2. The first-order valence-corrected chi connectivity index (χ1v) is 14.2. The Bertz CT molecular complexity index is 1110. The minimum atomic E-state index is -3.73. The Labute approximate surface area is 210 Å². The van der Waals surface area contributed by atoms with Crippen molar-refractivity contribution in [2.45, 2.75) is 40.0 Å². The second-order valence-corrected chi connectivity index (χ2v) is 11.7. The monoisotopic (exact) mass is 501 g/mol. The van der Waals surface area contributed by atoms with Crippen LogP contribution in [0.2, 0.25) is 0 Å². The van der Waals surface area contributed by atoms with E-state index in [4.69, 9.17) is 0 Å². The molecule has 0 saturated carbocycles. The topological polar surface area (TPSA) is 85.3 Å². The molecule has 8 nitrogen and oxygen atoms in total. The lowest BCUT2D eigenvalue weighted by Crippen LogP contribution is -2.45. The van der Waals surface area contributed by atoms with Gasteiger partial charge in [0.05, 0.1) is 0 Å². The van der Waals surface area contributed by atoms with Crippen LogP contribution in [0.3, 0.4) is 0 Å². The number of rotatable bonds is 6. The first-order valence-electron chi connectivity index (χ1n) is 12.7. The number of amides is 1. The van der Waals surface area contributed by atoms with Crippen molar-refractivity contribution in [3.8, 4) is 0 Å². The van der Waals surface area contributed by atoms with E-state index >= 15 is 0 Å². The number of nitrogens with zero attached hydrogens (tertiary/aromatic N) is 4. The van der Waals surface area contributed by atoms with Crippen LogP contribution in [0.5, 0.6) is 0 Å². The second-order valence-electron chi connectivity index (χ2n) is 10.2. The highest BCUT2D eigenvalue weighted by atomic mass is 32.2. The van der Waals surface area contributed by atoms with Crippen LogP contribution in [0.1, 0.15) is 42.9 Å². The standard InChI is InChI=1S/C26H39N5O3S/c1-19-6-7-23(18-20(19)2)24-21(3)25(28-35(24,33)34)31-12-8-22(9-13-31)26(32)27-10-5-11-30-16-14-29(4)15-17-30/h6-7,18,22H,5,8-17H2,1-4H3,(H,27,32). The molecule has 9 heteroatoms. The van der Waals surface area contributed by atoms with Crippen molar-refractivity contribution < 1.29 is 13.2 Å². The molecule has 3 heterocycles. The Hall–Kier alpha value is -2.23. The van der Waals surface area contributed by atoms with Crippen LogP contribution in [0.25, 0.3) is 4.91 Å². The molecule has 0 unspecified atom stereocenters. The van der Waals surface area contributed by atoms with Crippen LogP contribution in [0, 0.1) is 19.8 Å². The van der Waals surface area contributed by atoms with Gasteiger partial charge < -0.3 is 20.0 Å². The summed E-state index contributed by atoms with van der Waals surface area (Å²) in [5.41, 5.74) is 3.57. The zero-order chi connectivity index (χ0) is 25.2. The summed E-state index contributed by atoms with van der Waals surface area (Å²) in [6, 6.07) is 5.73. The fourth-order valence-electron chi connectivity index (χ4n) is 5.15. The molecule has 4 rings (SSSR count). The van der Waals surface area contributed by atoms with Crippen molar-refractivity contribution >= 4 is 26.7 Å². The highest BCUT2D eigenvalue weighted by Crippen LogP contribution is 2.35. The largest absolute Gasteiger partial charge is 0.356 e. The van der Waals surface area contributed by atoms with Crippen LogP contribution in [0.15, 0.2) is 28.2 Å². The molecule has 2 fully saturated rings. The smallest absolute Gasteiger partial charge is 0.285 e. The Morgan fingerprint density at radius 2 is 1.71 bits per heavy atom. The molecule has 3 aliphatic heterocycles. The molecular weight excluding hydrogens is 462 g/mol. The number of likely N-dealkylation sites (N-methyl/N-ethyl adjacent to an activating group) is 1. The van der Waals surface area contributed by atoms with Gasteiger partial charge in [0, 0.05) is 57.3 Å². The number of benzene rings is 1. The van der Waals surface area contributed by atoms with E-state index in [1.807, 2.05) is 43.9 Å². The maximum atomic E-state index is 12.9. The number of hydrogen-bond donors (Lipinski definition) is 1. The molecule has 1 aromatic carbocycles. The van der Waals surface area contributed by atoms with E-state index in [0.29, 0.717) is 54.4 Å². The molecular formula is C26H39N5O3S. The molecule has 3 aliphatic rings. The predicted octanol–water partition coefficient (Wildman–Crippen LogP) is 2.24. The van der Waals surface area contributed by atoms with Gasteiger partial charge in [0.25, 0.3) is 10.0 Å². The molecule has 0 aromatic heterocycles. The fraction of sp³-hybridized carbons (Fsp3) is 0.615. The molecule has 2 saturated heterocycles. The van der Waals surface area contributed by atoms with Crippen molar-refractivity contribution in [1.82, 2.24) is 20.0 Å². The summed E-state index contributed by atoms with van der Waals surface area (Å²) in [7, 11) is -1.58. The van der Waals surface area contributed by atoms with Crippen molar-refractivity contribution in [1.29, 1.82) is 0 Å². The van der Waals surface area contributed by atoms with Crippen LogP contribution in [-0.2, 0) is 14.8 Å². The van der Waals surface area contributed by atoms with E-state index in [2.05, 4.69) is 26.6 Å². The number of amidine groups is 1. The number of hydrogen-bond acceptors (Lipinski definition) is 6. The first kappa shape index (κ1) is 25.9. The lowest BCUT2D eigenvalue weighted by molar-refractivity contribution is -0.126. The van der Waals surface area contributed by atoms with Crippen LogP contribution in [-0.4, -0.2) is 94.3 Å². The number of carbonyl (C=O) groups excluding carboxylic acids is 1. The van der Waals surface area contributed by atoms with Crippen LogP contribution < -0.4 is 5.32 Å². The van der Waals surface area contributed by atoms with E-state index in [-0.39, 0.29) is 11.8 Å². The van der Waals surface area contributed by atoms with Gasteiger partial charge in [0.2, 0.25) is 5.91 Å². The molecule has 1 N–H and O–H groups in total. The number of carbonyl (C=O) groups is 1. The zero-order valence-electron chi connectivity index (χ0n) is 21.5. The van der Waals surface area contributed by atoms with Gasteiger partial charge in [-0.05, 0) is 70.3 Å². The van der Waals surface area contributed by atoms with Gasteiger partial charge in [-0.1, -0.05) is 18.2 Å². The molecule has 0 radical (unpaired) electrons. The molecule has 0 aliphatic carbocycles. The Morgan fingerprint density at radius 3 is 2.37 bits per heavy atom. The quantitative estimate of drug-likeness (QED) is 0.602. The summed E-state index contributed by atoms with van der Waals surface area (Å²) in [6.45, 7) is 13.2. The lowest BCUT2D eigenvalue weighted by Gasteiger charge is -2.33. The van der Waals surface area contributed by atoms with Crippen molar-refractivity contribution in [2.75, 3.05) is 59.4 Å². The minimum absolute atomic E-state index is 0.0306. The number of piperazine rings is 1. The SMILES string of the molecule is CC1=C(c2ccc(C)c(C)c2)S(=O)(=O)N=C1N1CCC(C(=O)NCCCN2CCN(C)CC2)CC1. The maximum Gasteiger partial charge on any atom is 0.285 e. The third-order valence-corrected chi connectivity index (χ3v) is 9.09. The third kappa shape index (κ3) is 5.95. The lowest BCUT2D eigenvalue weighted by atomic mass is 9.95. The fourth-order valence-corrected chi connectivity index (χ4v) is 6.62. The zero-order valence-corrected chi connectivity index (χ0v) is 22.3. The van der Waals surface area contributed by atoms with Crippen molar-refractivity contribution in [3.63, 3.8) is 0 Å². The molecule has 0 bridgehead atoms. The van der Waals surface area contributed by atoms with Gasteiger partial charge in [-0.2, -0.15) is 8.42 Å². The van der Waals surface area contributed by atoms with E-state index in [0.717, 1.165) is 50.3 Å². The number of nitrogens with one attached hydrogen (secondary N) is 1. The number of likely N-dealkylation sites (tertiary alicyclic amines) is 1. The van der Waals surface area contributed by atoms with Gasteiger partial charge in [-0.15, -0.1) is 4.40 Å². The molecule has 192 valence electrons. The summed E-state index contributed by atoms with van der Waals surface area (Å²) >= 11 is 0. The summed E-state index contributed by atoms with van der Waals surface area (Å²) in [5, 5.41) is 3.12. The van der Waals surface area contributed by atoms with E-state index in [1.54, 1.807) is 0 Å². The predicted molar refractivity (Wildman–Crippen MR) is 141 cm³/mol. The van der Waals surface area contributed by atoms with Gasteiger partial charge in [-0.3, -0.25) is 4.79 Å². The van der Waals surface area contributed by atoms with Crippen LogP contribution >= 0.6 is 0 Å². The highest BCUT2D eigenvalue weighted by molar-refractivity contribution is 8.00. The van der Waals surface area contributed by atoms with Crippen molar-refractivity contribution in [2.24, 2.45) is 10.3 Å². The molecule has 1 aromatic rings. The average Bonchev–Trinajstić information content (AvgIpc) is 3.08. The Morgan fingerprint density at radius 1 is 1.03 bits per heavy atom. The van der Waals surface area contributed by atoms with Gasteiger partial charge >= 0.3 is 0 Å². The van der Waals surface area contributed by atoms with Gasteiger partial charge in [-0.25, -0.2) is 0 Å². The molecule has 0 spiro atoms. The van der Waals surface area contributed by atoms with E-state index < -0.39 is 10.0 Å². The summed E-state index contributed by atoms with van der Waals surface area (Å²) in [5.74, 6) is 0.619. The van der Waals surface area contributed by atoms with Crippen LogP contribution in [0.4, 0.5) is 0 Å². The maximum absolute atomic E-state index is 12.9. The summed E-state index contributed by atoms with van der Waals surface area (Å²) in [6.07, 6.45) is 2.37. The summed E-state index contributed by atoms with van der Waals surface area (Å²) in [4.78, 5) is 19.8. The molecule has 1 amide bonds. The Kier molecular flexibility index (Phi) is 7.98. The van der Waals surface area contributed by atoms with Gasteiger partial charge in [0.15, 0.2) is 0 Å². The van der Waals surface area contributed by atoms with E-state index in [1.165, 1.54) is 0 Å². The first-order chi connectivity index (χ1) is 16.7. The molecule has 35 heavy (non-hydrogen) atoms. The normalized spacial score (nSPS) is 21.9. The van der Waals surface area contributed by atoms with E-state index in [9.17, 15) is 13.2 Å². The van der Waals surface area contributed by atoms with Gasteiger partial charge in [0.1, 0.15) is 10.7 Å². The summed E-state index contributed by atoms with van der Waals surface area (Å²) < 4.78 is 30.0.